The fourth-order valence-corrected chi connectivity index (χ4v) is 3.16. The summed E-state index contributed by atoms with van der Waals surface area (Å²) in [6.45, 7) is 0.348. The Kier molecular flexibility index (Phi) is 4.39. The van der Waals surface area contributed by atoms with Crippen molar-refractivity contribution in [2.24, 2.45) is 0 Å². The monoisotopic (exact) mass is 357 g/mol. The molecule has 25 heavy (non-hydrogen) atoms. The summed E-state index contributed by atoms with van der Waals surface area (Å²) in [7, 11) is 0. The lowest BCUT2D eigenvalue weighted by molar-refractivity contribution is -0.145. The summed E-state index contributed by atoms with van der Waals surface area (Å²) in [5.74, 6) is 1.85. The number of thiophene rings is 1. The molecule has 0 amide bonds. The zero-order chi connectivity index (χ0) is 17.1. The molecule has 0 spiro atoms. The minimum atomic E-state index is -0.279. The van der Waals surface area contributed by atoms with Gasteiger partial charge in [-0.3, -0.25) is 4.79 Å². The third-order valence-electron chi connectivity index (χ3n) is 3.76. The third kappa shape index (κ3) is 3.66. The van der Waals surface area contributed by atoms with E-state index in [-0.39, 0.29) is 25.8 Å². The molecule has 128 valence electrons. The second kappa shape index (κ2) is 6.98. The van der Waals surface area contributed by atoms with Crippen molar-refractivity contribution < 1.29 is 23.5 Å². The van der Waals surface area contributed by atoms with Crippen LogP contribution >= 0.6 is 11.3 Å². The SMILES string of the molecule is O=C(CCc1ccc2c(c1)OCO2)OCc1cc(-c2cccs2)on1. The quantitative estimate of drug-likeness (QED) is 0.625. The predicted octanol–water partition coefficient (Wildman–Crippen LogP) is 3.81. The van der Waals surface area contributed by atoms with Gasteiger partial charge in [0.1, 0.15) is 12.3 Å². The highest BCUT2D eigenvalue weighted by Gasteiger charge is 2.14. The molecular formula is C18H15NO5S. The fraction of sp³-hybridized carbons (Fsp3) is 0.222. The molecule has 0 bridgehead atoms. The molecule has 4 rings (SSSR count). The molecule has 2 aromatic heterocycles. The molecule has 0 radical (unpaired) electrons. The van der Waals surface area contributed by atoms with E-state index in [1.807, 2.05) is 35.7 Å². The minimum absolute atomic E-state index is 0.106. The summed E-state index contributed by atoms with van der Waals surface area (Å²) in [5, 5.41) is 5.89. The Morgan fingerprint density at radius 2 is 2.12 bits per heavy atom. The van der Waals surface area contributed by atoms with Gasteiger partial charge in [0, 0.05) is 12.5 Å². The summed E-state index contributed by atoms with van der Waals surface area (Å²) < 4.78 is 21.1. The average molecular weight is 357 g/mol. The third-order valence-corrected chi connectivity index (χ3v) is 4.64. The maximum absolute atomic E-state index is 11.9. The largest absolute Gasteiger partial charge is 0.459 e. The van der Waals surface area contributed by atoms with E-state index in [0.29, 0.717) is 17.9 Å². The standard InChI is InChI=1S/C18H15NO5S/c20-18(6-4-12-3-5-14-15(8-12)23-11-22-14)21-10-13-9-16(24-19-13)17-2-1-7-25-17/h1-3,5,7-9H,4,6,10-11H2. The molecule has 6 nitrogen and oxygen atoms in total. The Morgan fingerprint density at radius 1 is 1.20 bits per heavy atom. The number of ether oxygens (including phenoxy) is 3. The van der Waals surface area contributed by atoms with Gasteiger partial charge in [0.15, 0.2) is 17.3 Å². The summed E-state index contributed by atoms with van der Waals surface area (Å²) >= 11 is 1.57. The number of hydrogen-bond donors (Lipinski definition) is 0. The highest BCUT2D eigenvalue weighted by molar-refractivity contribution is 7.13. The van der Waals surface area contributed by atoms with Gasteiger partial charge in [-0.1, -0.05) is 17.3 Å². The number of aromatic nitrogens is 1. The van der Waals surface area contributed by atoms with Gasteiger partial charge in [0.2, 0.25) is 6.79 Å². The molecule has 0 unspecified atom stereocenters. The van der Waals surface area contributed by atoms with E-state index >= 15 is 0 Å². The van der Waals surface area contributed by atoms with E-state index < -0.39 is 0 Å². The highest BCUT2D eigenvalue weighted by Crippen LogP contribution is 2.32. The summed E-state index contributed by atoms with van der Waals surface area (Å²) in [6, 6.07) is 11.3. The number of carbonyl (C=O) groups is 1. The molecule has 0 N–H and O–H groups in total. The van der Waals surface area contributed by atoms with Crippen LogP contribution in [0.5, 0.6) is 11.5 Å². The van der Waals surface area contributed by atoms with E-state index in [4.69, 9.17) is 18.7 Å². The Labute approximate surface area is 147 Å². The van der Waals surface area contributed by atoms with E-state index in [0.717, 1.165) is 21.9 Å². The van der Waals surface area contributed by atoms with Gasteiger partial charge in [-0.05, 0) is 35.6 Å². The zero-order valence-corrected chi connectivity index (χ0v) is 14.1. The van der Waals surface area contributed by atoms with Gasteiger partial charge in [-0.25, -0.2) is 0 Å². The second-order valence-electron chi connectivity index (χ2n) is 5.51. The highest BCUT2D eigenvalue weighted by atomic mass is 32.1. The smallest absolute Gasteiger partial charge is 0.306 e. The van der Waals surface area contributed by atoms with E-state index in [1.54, 1.807) is 17.4 Å². The molecule has 3 heterocycles. The van der Waals surface area contributed by atoms with Crippen LogP contribution in [0.25, 0.3) is 10.6 Å². The minimum Gasteiger partial charge on any atom is -0.459 e. The molecule has 3 aromatic rings. The number of benzene rings is 1. The van der Waals surface area contributed by atoms with E-state index in [9.17, 15) is 4.79 Å². The Balaban J connectivity index is 1.27. The van der Waals surface area contributed by atoms with Gasteiger partial charge in [0.05, 0.1) is 4.88 Å². The van der Waals surface area contributed by atoms with Crippen LogP contribution in [0.4, 0.5) is 0 Å². The number of nitrogens with zero attached hydrogens (tertiary/aromatic N) is 1. The Morgan fingerprint density at radius 3 is 3.00 bits per heavy atom. The number of rotatable bonds is 6. The fourth-order valence-electron chi connectivity index (χ4n) is 2.48. The van der Waals surface area contributed by atoms with Crippen molar-refractivity contribution in [2.45, 2.75) is 19.4 Å². The molecule has 7 heteroatoms. The lowest BCUT2D eigenvalue weighted by atomic mass is 10.1. The van der Waals surface area contributed by atoms with Gasteiger partial charge in [0.25, 0.3) is 0 Å². The van der Waals surface area contributed by atoms with Gasteiger partial charge in [-0.15, -0.1) is 11.3 Å². The van der Waals surface area contributed by atoms with Gasteiger partial charge >= 0.3 is 5.97 Å². The van der Waals surface area contributed by atoms with Crippen molar-refractivity contribution in [3.63, 3.8) is 0 Å². The van der Waals surface area contributed by atoms with Crippen molar-refractivity contribution in [3.8, 4) is 22.1 Å². The van der Waals surface area contributed by atoms with E-state index in [2.05, 4.69) is 5.16 Å². The molecule has 0 fully saturated rings. The van der Waals surface area contributed by atoms with Crippen molar-refractivity contribution in [3.05, 3.63) is 53.0 Å². The molecule has 0 saturated heterocycles. The molecular weight excluding hydrogens is 342 g/mol. The zero-order valence-electron chi connectivity index (χ0n) is 13.3. The first-order valence-corrected chi connectivity index (χ1v) is 8.69. The van der Waals surface area contributed by atoms with E-state index in [1.165, 1.54) is 0 Å². The molecule has 1 aromatic carbocycles. The Bertz CT molecular complexity index is 871. The molecule has 0 aliphatic carbocycles. The van der Waals surface area contributed by atoms with Crippen LogP contribution in [0.2, 0.25) is 0 Å². The van der Waals surface area contributed by atoms with Crippen molar-refractivity contribution in [1.82, 2.24) is 5.16 Å². The van der Waals surface area contributed by atoms with Crippen LogP contribution in [-0.4, -0.2) is 17.9 Å². The van der Waals surface area contributed by atoms with Gasteiger partial charge in [-0.2, -0.15) is 0 Å². The van der Waals surface area contributed by atoms with Crippen LogP contribution in [0.1, 0.15) is 17.7 Å². The second-order valence-corrected chi connectivity index (χ2v) is 6.46. The van der Waals surface area contributed by atoms with Crippen molar-refractivity contribution in [1.29, 1.82) is 0 Å². The van der Waals surface area contributed by atoms with Crippen molar-refractivity contribution in [2.75, 3.05) is 6.79 Å². The number of esters is 1. The first-order valence-electron chi connectivity index (χ1n) is 7.81. The van der Waals surface area contributed by atoms with Gasteiger partial charge < -0.3 is 18.7 Å². The summed E-state index contributed by atoms with van der Waals surface area (Å²) in [6.07, 6.45) is 0.865. The van der Waals surface area contributed by atoms with Crippen LogP contribution in [-0.2, 0) is 22.6 Å². The van der Waals surface area contributed by atoms with Crippen LogP contribution in [0.15, 0.2) is 46.3 Å². The average Bonchev–Trinajstić information content (AvgIpc) is 3.38. The molecule has 1 aliphatic heterocycles. The maximum atomic E-state index is 11.9. The summed E-state index contributed by atoms with van der Waals surface area (Å²) in [4.78, 5) is 12.9. The molecule has 0 saturated carbocycles. The Hall–Kier alpha value is -2.80. The van der Waals surface area contributed by atoms with Crippen molar-refractivity contribution >= 4 is 17.3 Å². The lowest BCUT2D eigenvalue weighted by Gasteiger charge is -2.04. The predicted molar refractivity (Wildman–Crippen MR) is 90.5 cm³/mol. The molecule has 0 atom stereocenters. The summed E-state index contributed by atoms with van der Waals surface area (Å²) in [5.41, 5.74) is 1.60. The number of carbonyl (C=O) groups excluding carboxylic acids is 1. The lowest BCUT2D eigenvalue weighted by Crippen LogP contribution is -2.06. The number of hydrogen-bond acceptors (Lipinski definition) is 7. The number of fused-ring (bicyclic) bond motifs is 1. The first kappa shape index (κ1) is 15.7. The van der Waals surface area contributed by atoms with Crippen LogP contribution < -0.4 is 9.47 Å². The maximum Gasteiger partial charge on any atom is 0.306 e. The molecule has 1 aliphatic rings. The topological polar surface area (TPSA) is 70.8 Å². The van der Waals surface area contributed by atoms with Crippen LogP contribution in [0, 0.1) is 0 Å². The van der Waals surface area contributed by atoms with Crippen LogP contribution in [0.3, 0.4) is 0 Å². The number of aryl methyl sites for hydroxylation is 1. The first-order chi connectivity index (χ1) is 12.3. The normalized spacial score (nSPS) is 12.3.